The number of unbranched alkanes of at least 4 members (excludes halogenated alkanes) is 1. The second kappa shape index (κ2) is 11.2. The van der Waals surface area contributed by atoms with Crippen LogP contribution < -0.4 is 9.47 Å². The number of ether oxygens (including phenoxy) is 2. The van der Waals surface area contributed by atoms with Crippen LogP contribution in [0.1, 0.15) is 24.0 Å². The first kappa shape index (κ1) is 23.8. The molecule has 4 rings (SSSR count). The van der Waals surface area contributed by atoms with Crippen molar-refractivity contribution in [3.63, 3.8) is 0 Å². The van der Waals surface area contributed by atoms with E-state index in [0.717, 1.165) is 61.5 Å². The maximum absolute atomic E-state index is 13.4. The summed E-state index contributed by atoms with van der Waals surface area (Å²) in [5.74, 6) is 1.33. The van der Waals surface area contributed by atoms with Gasteiger partial charge in [0.05, 0.1) is 19.7 Å². The molecule has 0 spiro atoms. The van der Waals surface area contributed by atoms with Crippen LogP contribution >= 0.6 is 0 Å². The van der Waals surface area contributed by atoms with E-state index in [1.54, 1.807) is 14.2 Å². The van der Waals surface area contributed by atoms with Crippen LogP contribution in [0.4, 0.5) is 4.39 Å². The zero-order valence-electron chi connectivity index (χ0n) is 20.3. The first-order valence-electron chi connectivity index (χ1n) is 11.8. The summed E-state index contributed by atoms with van der Waals surface area (Å²) >= 11 is 0. The summed E-state index contributed by atoms with van der Waals surface area (Å²) in [6.07, 6.45) is 6.47. The molecule has 0 aliphatic rings. The van der Waals surface area contributed by atoms with Crippen molar-refractivity contribution < 1.29 is 13.9 Å². The number of likely N-dealkylation sites (N-methyl/N-ethyl adjacent to an activating group) is 1. The maximum atomic E-state index is 13.4. The fourth-order valence-electron chi connectivity index (χ4n) is 4.43. The molecule has 0 unspecified atom stereocenters. The smallest absolute Gasteiger partial charge is 0.160 e. The lowest BCUT2D eigenvalue weighted by molar-refractivity contribution is 0.329. The van der Waals surface area contributed by atoms with E-state index in [4.69, 9.17) is 9.47 Å². The summed E-state index contributed by atoms with van der Waals surface area (Å²) in [6, 6.07) is 21.3. The highest BCUT2D eigenvalue weighted by Gasteiger charge is 2.10. The van der Waals surface area contributed by atoms with E-state index < -0.39 is 0 Å². The number of halogens is 1. The van der Waals surface area contributed by atoms with Gasteiger partial charge in [0.25, 0.3) is 0 Å². The summed E-state index contributed by atoms with van der Waals surface area (Å²) in [5, 5.41) is 1.27. The van der Waals surface area contributed by atoms with E-state index in [2.05, 4.69) is 59.1 Å². The Hall–Kier alpha value is -3.31. The summed E-state index contributed by atoms with van der Waals surface area (Å²) in [7, 11) is 5.51. The predicted molar refractivity (Wildman–Crippen MR) is 137 cm³/mol. The number of para-hydroxylation sites is 1. The van der Waals surface area contributed by atoms with E-state index >= 15 is 0 Å². The molecule has 0 radical (unpaired) electrons. The number of aryl methyl sites for hydroxylation is 1. The van der Waals surface area contributed by atoms with Crippen LogP contribution in [0.3, 0.4) is 0 Å². The molecular weight excluding hydrogens is 427 g/mol. The molecule has 0 bridgehead atoms. The van der Waals surface area contributed by atoms with Crippen molar-refractivity contribution in [3.05, 3.63) is 89.9 Å². The molecule has 0 atom stereocenters. The zero-order valence-corrected chi connectivity index (χ0v) is 20.3. The lowest BCUT2D eigenvalue weighted by atomic mass is 10.1. The molecule has 5 heteroatoms. The number of methoxy groups -OCH3 is 2. The normalized spacial score (nSPS) is 11.3. The molecule has 0 saturated heterocycles. The second-order valence-electron chi connectivity index (χ2n) is 8.72. The number of hydrogen-bond acceptors (Lipinski definition) is 3. The van der Waals surface area contributed by atoms with Crippen molar-refractivity contribution in [2.45, 2.75) is 25.7 Å². The standard InChI is InChI=1S/C29H33FN2O2/c1-31(19-17-22-11-16-28(33-2)29(20-22)34-3)18-7-6-8-23-21-32(25-14-12-24(30)13-15-25)27-10-5-4-9-26(23)27/h4-5,9-16,20-21H,6-8,17-19H2,1-3H3. The third-order valence-corrected chi connectivity index (χ3v) is 6.37. The SMILES string of the molecule is COc1ccc(CCN(C)CCCCc2cn(-c3ccc(F)cc3)c3ccccc23)cc1OC. The van der Waals surface area contributed by atoms with Crippen LogP contribution in [0.2, 0.25) is 0 Å². The minimum atomic E-state index is -0.212. The van der Waals surface area contributed by atoms with E-state index in [1.165, 1.54) is 28.6 Å². The Morgan fingerprint density at radius 2 is 1.59 bits per heavy atom. The average molecular weight is 461 g/mol. The highest BCUT2D eigenvalue weighted by Crippen LogP contribution is 2.28. The van der Waals surface area contributed by atoms with Crippen molar-refractivity contribution in [2.75, 3.05) is 34.4 Å². The van der Waals surface area contributed by atoms with Gasteiger partial charge >= 0.3 is 0 Å². The van der Waals surface area contributed by atoms with Gasteiger partial charge in [-0.05, 0) is 92.9 Å². The molecule has 0 N–H and O–H groups in total. The summed E-state index contributed by atoms with van der Waals surface area (Å²) in [6.45, 7) is 2.06. The highest BCUT2D eigenvalue weighted by atomic mass is 19.1. The minimum absolute atomic E-state index is 0.212. The lowest BCUT2D eigenvalue weighted by Crippen LogP contribution is -2.22. The lowest BCUT2D eigenvalue weighted by Gasteiger charge is -2.17. The van der Waals surface area contributed by atoms with E-state index in [0.29, 0.717) is 0 Å². The summed E-state index contributed by atoms with van der Waals surface area (Å²) in [4.78, 5) is 2.39. The maximum Gasteiger partial charge on any atom is 0.160 e. The quantitative estimate of drug-likeness (QED) is 0.246. The van der Waals surface area contributed by atoms with Gasteiger partial charge in [0.1, 0.15) is 5.82 Å². The van der Waals surface area contributed by atoms with Crippen LogP contribution in [0.25, 0.3) is 16.6 Å². The van der Waals surface area contributed by atoms with Crippen LogP contribution in [0, 0.1) is 5.82 Å². The first-order chi connectivity index (χ1) is 16.6. The molecule has 4 nitrogen and oxygen atoms in total. The molecule has 3 aromatic carbocycles. The predicted octanol–water partition coefficient (Wildman–Crippen LogP) is 6.28. The number of nitrogens with zero attached hydrogens (tertiary/aromatic N) is 2. The Kier molecular flexibility index (Phi) is 7.86. The number of aromatic nitrogens is 1. The summed E-state index contributed by atoms with van der Waals surface area (Å²) < 4.78 is 26.3. The van der Waals surface area contributed by atoms with Crippen molar-refractivity contribution in [3.8, 4) is 17.2 Å². The number of benzene rings is 3. The Morgan fingerprint density at radius 3 is 2.35 bits per heavy atom. The van der Waals surface area contributed by atoms with Crippen LogP contribution in [0.5, 0.6) is 11.5 Å². The molecular formula is C29H33FN2O2. The Labute approximate surface area is 201 Å². The Balaban J connectivity index is 1.31. The second-order valence-corrected chi connectivity index (χ2v) is 8.72. The molecule has 0 aliphatic carbocycles. The first-order valence-corrected chi connectivity index (χ1v) is 11.8. The highest BCUT2D eigenvalue weighted by molar-refractivity contribution is 5.85. The zero-order chi connectivity index (χ0) is 23.9. The monoisotopic (exact) mass is 460 g/mol. The van der Waals surface area contributed by atoms with Crippen molar-refractivity contribution in [1.29, 1.82) is 0 Å². The van der Waals surface area contributed by atoms with Gasteiger partial charge in [-0.3, -0.25) is 0 Å². The molecule has 0 aliphatic heterocycles. The summed E-state index contributed by atoms with van der Waals surface area (Å²) in [5.41, 5.74) is 4.74. The number of rotatable bonds is 11. The number of hydrogen-bond donors (Lipinski definition) is 0. The topological polar surface area (TPSA) is 26.6 Å². The van der Waals surface area contributed by atoms with Gasteiger partial charge in [0.2, 0.25) is 0 Å². The molecule has 1 heterocycles. The molecule has 4 aromatic rings. The fraction of sp³-hybridized carbons (Fsp3) is 0.310. The fourth-order valence-corrected chi connectivity index (χ4v) is 4.43. The third-order valence-electron chi connectivity index (χ3n) is 6.37. The van der Waals surface area contributed by atoms with Gasteiger partial charge in [0, 0.05) is 23.8 Å². The molecule has 0 fully saturated rings. The van der Waals surface area contributed by atoms with Crippen molar-refractivity contribution in [2.24, 2.45) is 0 Å². The Bertz CT molecular complexity index is 1220. The minimum Gasteiger partial charge on any atom is -0.493 e. The van der Waals surface area contributed by atoms with Gasteiger partial charge in [-0.2, -0.15) is 0 Å². The van der Waals surface area contributed by atoms with Crippen molar-refractivity contribution in [1.82, 2.24) is 9.47 Å². The molecule has 0 amide bonds. The van der Waals surface area contributed by atoms with Crippen LogP contribution in [0.15, 0.2) is 72.9 Å². The third kappa shape index (κ3) is 5.60. The largest absolute Gasteiger partial charge is 0.493 e. The van der Waals surface area contributed by atoms with E-state index in [1.807, 2.05) is 18.2 Å². The van der Waals surface area contributed by atoms with Crippen molar-refractivity contribution >= 4 is 10.9 Å². The van der Waals surface area contributed by atoms with Gasteiger partial charge in [-0.25, -0.2) is 4.39 Å². The molecule has 1 aromatic heterocycles. The molecule has 34 heavy (non-hydrogen) atoms. The average Bonchev–Trinajstić information content (AvgIpc) is 3.24. The number of fused-ring (bicyclic) bond motifs is 1. The van der Waals surface area contributed by atoms with E-state index in [9.17, 15) is 4.39 Å². The van der Waals surface area contributed by atoms with E-state index in [-0.39, 0.29) is 5.82 Å². The van der Waals surface area contributed by atoms with Gasteiger partial charge in [0.15, 0.2) is 11.5 Å². The van der Waals surface area contributed by atoms with Crippen LogP contribution in [-0.2, 0) is 12.8 Å². The van der Waals surface area contributed by atoms with Gasteiger partial charge < -0.3 is 18.9 Å². The Morgan fingerprint density at radius 1 is 0.824 bits per heavy atom. The van der Waals surface area contributed by atoms with Gasteiger partial charge in [-0.15, -0.1) is 0 Å². The molecule has 178 valence electrons. The van der Waals surface area contributed by atoms with Gasteiger partial charge in [-0.1, -0.05) is 24.3 Å². The van der Waals surface area contributed by atoms with Crippen LogP contribution in [-0.4, -0.2) is 43.8 Å². The molecule has 0 saturated carbocycles.